The molecule has 106 valence electrons. The quantitative estimate of drug-likeness (QED) is 0.804. The smallest absolute Gasteiger partial charge is 0.161 e. The number of nitrogens with zero attached hydrogens (tertiary/aromatic N) is 3. The molecule has 6 heteroatoms. The predicted octanol–water partition coefficient (Wildman–Crippen LogP) is 2.52. The monoisotopic (exact) mass is 279 g/mol. The molecule has 1 saturated heterocycles. The minimum absolute atomic E-state index is 0.105. The van der Waals surface area contributed by atoms with Crippen LogP contribution < -0.4 is 4.90 Å². The standard InChI is InChI=1S/C14H15F2N3O/c1-8-7-20-9(2)6-19(8)14-5-17-12-3-10(15)11(16)4-13(12)18-14/h3-5,8-9H,6-7H2,1-2H3/t8-,9-/m0/s1. The molecule has 1 aliphatic heterocycles. The Morgan fingerprint density at radius 1 is 1.20 bits per heavy atom. The minimum atomic E-state index is -0.910. The SMILES string of the molecule is C[C@H]1CN(c2cnc3cc(F)c(F)cc3n2)[C@@H](C)CO1. The van der Waals surface area contributed by atoms with Gasteiger partial charge in [0, 0.05) is 18.7 Å². The summed E-state index contributed by atoms with van der Waals surface area (Å²) in [6, 6.07) is 2.31. The number of rotatable bonds is 1. The molecule has 1 aromatic heterocycles. The van der Waals surface area contributed by atoms with Gasteiger partial charge in [-0.1, -0.05) is 0 Å². The summed E-state index contributed by atoms with van der Waals surface area (Å²) in [6.07, 6.45) is 1.70. The molecule has 1 fully saturated rings. The normalized spacial score (nSPS) is 23.3. The van der Waals surface area contributed by atoms with Gasteiger partial charge in [0.25, 0.3) is 0 Å². The first-order valence-corrected chi connectivity index (χ1v) is 6.54. The van der Waals surface area contributed by atoms with Gasteiger partial charge in [-0.15, -0.1) is 0 Å². The van der Waals surface area contributed by atoms with Crippen molar-refractivity contribution in [2.75, 3.05) is 18.1 Å². The summed E-state index contributed by atoms with van der Waals surface area (Å²) in [7, 11) is 0. The zero-order valence-electron chi connectivity index (χ0n) is 11.3. The maximum absolute atomic E-state index is 13.3. The summed E-state index contributed by atoms with van der Waals surface area (Å²) in [4.78, 5) is 10.6. The van der Waals surface area contributed by atoms with Crippen molar-refractivity contribution in [1.29, 1.82) is 0 Å². The first-order valence-electron chi connectivity index (χ1n) is 6.54. The van der Waals surface area contributed by atoms with Crippen molar-refractivity contribution in [3.63, 3.8) is 0 Å². The molecule has 0 spiro atoms. The molecule has 20 heavy (non-hydrogen) atoms. The van der Waals surface area contributed by atoms with Crippen LogP contribution in [0.2, 0.25) is 0 Å². The van der Waals surface area contributed by atoms with Crippen LogP contribution >= 0.6 is 0 Å². The average Bonchev–Trinajstić information content (AvgIpc) is 2.42. The second-order valence-corrected chi connectivity index (χ2v) is 5.13. The van der Waals surface area contributed by atoms with E-state index < -0.39 is 11.6 Å². The third kappa shape index (κ3) is 2.31. The first-order chi connectivity index (χ1) is 9.54. The highest BCUT2D eigenvalue weighted by Crippen LogP contribution is 2.22. The number of ether oxygens (including phenoxy) is 1. The number of morpholine rings is 1. The van der Waals surface area contributed by atoms with E-state index in [4.69, 9.17) is 4.74 Å². The van der Waals surface area contributed by atoms with Gasteiger partial charge < -0.3 is 9.64 Å². The van der Waals surface area contributed by atoms with E-state index >= 15 is 0 Å². The lowest BCUT2D eigenvalue weighted by Gasteiger charge is -2.37. The summed E-state index contributed by atoms with van der Waals surface area (Å²) in [6.45, 7) is 5.33. The van der Waals surface area contributed by atoms with E-state index in [2.05, 4.69) is 14.9 Å². The fraction of sp³-hybridized carbons (Fsp3) is 0.429. The molecule has 0 N–H and O–H groups in total. The van der Waals surface area contributed by atoms with Crippen LogP contribution in [0.15, 0.2) is 18.3 Å². The molecular weight excluding hydrogens is 264 g/mol. The van der Waals surface area contributed by atoms with Crippen LogP contribution in [0.5, 0.6) is 0 Å². The first kappa shape index (κ1) is 13.2. The zero-order valence-corrected chi connectivity index (χ0v) is 11.3. The lowest BCUT2D eigenvalue weighted by Crippen LogP contribution is -2.47. The van der Waals surface area contributed by atoms with Gasteiger partial charge >= 0.3 is 0 Å². The highest BCUT2D eigenvalue weighted by atomic mass is 19.2. The minimum Gasteiger partial charge on any atom is -0.375 e. The van der Waals surface area contributed by atoms with Crippen molar-refractivity contribution < 1.29 is 13.5 Å². The van der Waals surface area contributed by atoms with E-state index in [0.29, 0.717) is 30.0 Å². The maximum atomic E-state index is 13.3. The van der Waals surface area contributed by atoms with Gasteiger partial charge in [-0.05, 0) is 13.8 Å². The molecule has 2 aromatic rings. The van der Waals surface area contributed by atoms with E-state index in [1.807, 2.05) is 13.8 Å². The number of halogens is 2. The van der Waals surface area contributed by atoms with Gasteiger partial charge in [0.1, 0.15) is 5.82 Å². The second-order valence-electron chi connectivity index (χ2n) is 5.13. The number of anilines is 1. The summed E-state index contributed by atoms with van der Waals surface area (Å²) in [5.74, 6) is -1.16. The maximum Gasteiger partial charge on any atom is 0.161 e. The Morgan fingerprint density at radius 2 is 1.90 bits per heavy atom. The Hall–Kier alpha value is -1.82. The lowest BCUT2D eigenvalue weighted by molar-refractivity contribution is 0.0340. The topological polar surface area (TPSA) is 38.2 Å². The fourth-order valence-corrected chi connectivity index (χ4v) is 2.36. The Bertz CT molecular complexity index is 650. The van der Waals surface area contributed by atoms with Crippen molar-refractivity contribution in [2.45, 2.75) is 26.0 Å². The largest absolute Gasteiger partial charge is 0.375 e. The molecule has 0 radical (unpaired) electrons. The van der Waals surface area contributed by atoms with E-state index in [9.17, 15) is 8.78 Å². The van der Waals surface area contributed by atoms with Crippen molar-refractivity contribution in [1.82, 2.24) is 9.97 Å². The molecule has 1 aromatic carbocycles. The van der Waals surface area contributed by atoms with Gasteiger partial charge in [0.2, 0.25) is 0 Å². The van der Waals surface area contributed by atoms with Crippen molar-refractivity contribution in [2.24, 2.45) is 0 Å². The summed E-state index contributed by atoms with van der Waals surface area (Å²) in [5.41, 5.74) is 0.703. The van der Waals surface area contributed by atoms with Crippen LogP contribution in [-0.2, 0) is 4.74 Å². The number of aromatic nitrogens is 2. The van der Waals surface area contributed by atoms with Gasteiger partial charge in [0.15, 0.2) is 11.6 Å². The van der Waals surface area contributed by atoms with Crippen LogP contribution in [0.3, 0.4) is 0 Å². The Balaban J connectivity index is 2.01. The molecule has 0 unspecified atom stereocenters. The molecule has 0 aliphatic carbocycles. The molecule has 2 atom stereocenters. The molecule has 2 heterocycles. The van der Waals surface area contributed by atoms with E-state index in [-0.39, 0.29) is 12.1 Å². The molecule has 3 rings (SSSR count). The van der Waals surface area contributed by atoms with Gasteiger partial charge in [0.05, 0.1) is 36.0 Å². The number of hydrogen-bond donors (Lipinski definition) is 0. The lowest BCUT2D eigenvalue weighted by atomic mass is 10.2. The molecular formula is C14H15F2N3O. The van der Waals surface area contributed by atoms with Crippen LogP contribution in [-0.4, -0.2) is 35.3 Å². The number of fused-ring (bicyclic) bond motifs is 1. The number of hydrogen-bond acceptors (Lipinski definition) is 4. The van der Waals surface area contributed by atoms with Crippen molar-refractivity contribution in [3.05, 3.63) is 30.0 Å². The van der Waals surface area contributed by atoms with Gasteiger partial charge in [-0.25, -0.2) is 13.8 Å². The Labute approximate surface area is 115 Å². The van der Waals surface area contributed by atoms with Gasteiger partial charge in [-0.2, -0.15) is 0 Å². The zero-order chi connectivity index (χ0) is 14.3. The molecule has 0 bridgehead atoms. The summed E-state index contributed by atoms with van der Waals surface area (Å²) >= 11 is 0. The van der Waals surface area contributed by atoms with Crippen LogP contribution in [0.4, 0.5) is 14.6 Å². The van der Waals surface area contributed by atoms with Crippen LogP contribution in [0, 0.1) is 11.6 Å². The van der Waals surface area contributed by atoms with E-state index in [1.165, 1.54) is 0 Å². The predicted molar refractivity (Wildman–Crippen MR) is 71.7 cm³/mol. The molecule has 4 nitrogen and oxygen atoms in total. The second kappa shape index (κ2) is 4.94. The third-order valence-electron chi connectivity index (χ3n) is 3.47. The summed E-state index contributed by atoms with van der Waals surface area (Å²) < 4.78 is 32.0. The third-order valence-corrected chi connectivity index (χ3v) is 3.47. The fourth-order valence-electron chi connectivity index (χ4n) is 2.36. The van der Waals surface area contributed by atoms with E-state index in [0.717, 1.165) is 12.1 Å². The van der Waals surface area contributed by atoms with Crippen molar-refractivity contribution in [3.8, 4) is 0 Å². The Morgan fingerprint density at radius 3 is 2.65 bits per heavy atom. The average molecular weight is 279 g/mol. The van der Waals surface area contributed by atoms with Gasteiger partial charge in [-0.3, -0.25) is 4.98 Å². The van der Waals surface area contributed by atoms with E-state index in [1.54, 1.807) is 6.20 Å². The number of benzene rings is 1. The van der Waals surface area contributed by atoms with Crippen LogP contribution in [0.25, 0.3) is 11.0 Å². The van der Waals surface area contributed by atoms with Crippen molar-refractivity contribution >= 4 is 16.9 Å². The Kier molecular flexibility index (Phi) is 3.25. The van der Waals surface area contributed by atoms with Crippen LogP contribution in [0.1, 0.15) is 13.8 Å². The summed E-state index contributed by atoms with van der Waals surface area (Å²) in [5, 5.41) is 0. The highest BCUT2D eigenvalue weighted by Gasteiger charge is 2.25. The molecule has 0 amide bonds. The molecule has 1 aliphatic rings. The highest BCUT2D eigenvalue weighted by molar-refractivity contribution is 5.75. The molecule has 0 saturated carbocycles.